The number of hydrogen-bond acceptors (Lipinski definition) is 2. The average Bonchev–Trinajstić information content (AvgIpc) is 3.42. The zero-order chi connectivity index (χ0) is 37.3. The fourth-order valence-electron chi connectivity index (χ4n) is 7.89. The second-order valence-corrected chi connectivity index (χ2v) is 14.1. The molecule has 0 bridgehead atoms. The summed E-state index contributed by atoms with van der Waals surface area (Å²) in [6.07, 6.45) is 0. The lowest BCUT2D eigenvalue weighted by Gasteiger charge is -2.26. The highest BCUT2D eigenvalue weighted by Crippen LogP contribution is 2.51. The van der Waals surface area contributed by atoms with Crippen molar-refractivity contribution in [2.24, 2.45) is 0 Å². The van der Waals surface area contributed by atoms with Crippen LogP contribution in [0, 0.1) is 0 Å². The number of benzene rings is 9. The van der Waals surface area contributed by atoms with E-state index in [1.807, 2.05) is 0 Å². The van der Waals surface area contributed by atoms with Gasteiger partial charge in [0.05, 0.1) is 0 Å². The monoisotopic (exact) mass is 715 g/mol. The molecule has 2 nitrogen and oxygen atoms in total. The molecule has 1 aliphatic heterocycles. The van der Waals surface area contributed by atoms with Gasteiger partial charge in [-0.15, -0.1) is 0 Å². The maximum atomic E-state index is 7.14. The van der Waals surface area contributed by atoms with Crippen molar-refractivity contribution in [1.82, 2.24) is 0 Å². The van der Waals surface area contributed by atoms with E-state index in [1.165, 1.54) is 33.4 Å². The van der Waals surface area contributed by atoms with Gasteiger partial charge in [-0.05, 0) is 86.5 Å². The van der Waals surface area contributed by atoms with Crippen LogP contribution in [0.3, 0.4) is 0 Å². The summed E-state index contributed by atoms with van der Waals surface area (Å²) < 4.78 is 7.14. The van der Waals surface area contributed by atoms with Crippen LogP contribution in [0.25, 0.3) is 66.8 Å². The van der Waals surface area contributed by atoms with E-state index in [1.54, 1.807) is 0 Å². The molecule has 1 aliphatic rings. The molecule has 0 aromatic heterocycles. The summed E-state index contributed by atoms with van der Waals surface area (Å²) in [7, 11) is 0. The van der Waals surface area contributed by atoms with Gasteiger partial charge in [0.2, 0.25) is 0 Å². The van der Waals surface area contributed by atoms with Crippen molar-refractivity contribution in [2.75, 3.05) is 4.90 Å². The second-order valence-electron chi connectivity index (χ2n) is 14.1. The first-order valence-electron chi connectivity index (χ1n) is 19.1. The molecule has 0 fully saturated rings. The molecule has 0 amide bonds. The van der Waals surface area contributed by atoms with Crippen molar-refractivity contribution in [3.8, 4) is 78.3 Å². The Kier molecular flexibility index (Phi) is 8.55. The highest BCUT2D eigenvalue weighted by atomic mass is 16.5. The van der Waals surface area contributed by atoms with Gasteiger partial charge in [0.15, 0.2) is 0 Å². The van der Waals surface area contributed by atoms with Gasteiger partial charge in [0, 0.05) is 39.8 Å². The highest BCUT2D eigenvalue weighted by Gasteiger charge is 2.25. The Morgan fingerprint density at radius 2 is 0.643 bits per heavy atom. The summed E-state index contributed by atoms with van der Waals surface area (Å²) in [5.74, 6) is 1.68. The third-order valence-corrected chi connectivity index (χ3v) is 10.7. The van der Waals surface area contributed by atoms with Gasteiger partial charge in [-0.2, -0.15) is 0 Å². The molecule has 2 heteroatoms. The van der Waals surface area contributed by atoms with Crippen molar-refractivity contribution in [2.45, 2.75) is 0 Å². The number of nitrogens with zero attached hydrogens (tertiary/aromatic N) is 1. The van der Waals surface area contributed by atoms with Crippen LogP contribution in [0.5, 0.6) is 11.5 Å². The molecule has 0 unspecified atom stereocenters. The van der Waals surface area contributed by atoms with Crippen molar-refractivity contribution in [1.29, 1.82) is 0 Å². The van der Waals surface area contributed by atoms with Crippen LogP contribution in [-0.4, -0.2) is 0 Å². The summed E-state index contributed by atoms with van der Waals surface area (Å²) in [6.45, 7) is 0. The summed E-state index contributed by atoms with van der Waals surface area (Å²) in [5, 5.41) is 0. The minimum atomic E-state index is 0.818. The number of ether oxygens (including phenoxy) is 1. The average molecular weight is 716 g/mol. The first kappa shape index (κ1) is 33.2. The molecule has 0 N–H and O–H groups in total. The summed E-state index contributed by atoms with van der Waals surface area (Å²) in [6, 6.07) is 79.8. The van der Waals surface area contributed by atoms with E-state index in [2.05, 4.69) is 229 Å². The normalized spacial score (nSPS) is 11.4. The topological polar surface area (TPSA) is 12.5 Å². The third-order valence-electron chi connectivity index (χ3n) is 10.7. The van der Waals surface area contributed by atoms with Crippen molar-refractivity contribution in [3.63, 3.8) is 0 Å². The zero-order valence-corrected chi connectivity index (χ0v) is 30.7. The Morgan fingerprint density at radius 1 is 0.250 bits per heavy atom. The molecule has 1 heterocycles. The lowest BCUT2D eigenvalue weighted by Crippen LogP contribution is -2.10. The fourth-order valence-corrected chi connectivity index (χ4v) is 7.89. The second kappa shape index (κ2) is 14.4. The van der Waals surface area contributed by atoms with Crippen LogP contribution in [0.4, 0.5) is 17.1 Å². The highest BCUT2D eigenvalue weighted by molar-refractivity contribution is 5.95. The fraction of sp³-hybridized carbons (Fsp3) is 0. The summed E-state index contributed by atoms with van der Waals surface area (Å²) in [4.78, 5) is 2.30. The molecule has 9 aromatic rings. The van der Waals surface area contributed by atoms with Crippen LogP contribution in [0.15, 0.2) is 224 Å². The van der Waals surface area contributed by atoms with E-state index in [0.29, 0.717) is 0 Å². The quantitative estimate of drug-likeness (QED) is 0.163. The van der Waals surface area contributed by atoms with Gasteiger partial charge < -0.3 is 9.64 Å². The standard InChI is InChI=1S/C54H37NO/c1-4-13-38(14-5-1)40-23-25-42(26-24-40)43-31-33-46(34-32-43)55(45-17-8-3-9-18-45)47-35-36-51-49-19-10-11-20-50(49)52-22-12-21-48(54(52)56-53(51)37-47)44-29-27-41(28-30-44)39-15-6-2-7-16-39/h1-37H. The maximum Gasteiger partial charge on any atom is 0.143 e. The molecule has 10 rings (SSSR count). The Labute approximate surface area is 328 Å². The van der Waals surface area contributed by atoms with Crippen LogP contribution in [0.1, 0.15) is 0 Å². The minimum Gasteiger partial charge on any atom is -0.455 e. The molecule has 0 atom stereocenters. The lowest BCUT2D eigenvalue weighted by atomic mass is 9.92. The maximum absolute atomic E-state index is 7.14. The van der Waals surface area contributed by atoms with E-state index in [9.17, 15) is 0 Å². The Morgan fingerprint density at radius 3 is 1.21 bits per heavy atom. The number of para-hydroxylation sites is 2. The molecule has 264 valence electrons. The van der Waals surface area contributed by atoms with Crippen LogP contribution < -0.4 is 9.64 Å². The zero-order valence-electron chi connectivity index (χ0n) is 30.7. The Hall–Kier alpha value is -7.42. The first-order chi connectivity index (χ1) is 27.8. The minimum absolute atomic E-state index is 0.818. The van der Waals surface area contributed by atoms with E-state index >= 15 is 0 Å². The van der Waals surface area contributed by atoms with Gasteiger partial charge in [-0.1, -0.05) is 182 Å². The molecular weight excluding hydrogens is 679 g/mol. The Balaban J connectivity index is 1.04. The van der Waals surface area contributed by atoms with Gasteiger partial charge in [-0.25, -0.2) is 0 Å². The van der Waals surface area contributed by atoms with Crippen molar-refractivity contribution < 1.29 is 4.74 Å². The first-order valence-corrected chi connectivity index (χ1v) is 19.1. The van der Waals surface area contributed by atoms with Crippen LogP contribution in [0.2, 0.25) is 0 Å². The molecule has 0 saturated carbocycles. The number of hydrogen-bond donors (Lipinski definition) is 0. The van der Waals surface area contributed by atoms with Crippen LogP contribution in [-0.2, 0) is 0 Å². The molecule has 56 heavy (non-hydrogen) atoms. The molecule has 0 spiro atoms. The summed E-state index contributed by atoms with van der Waals surface area (Å²) >= 11 is 0. The van der Waals surface area contributed by atoms with E-state index in [4.69, 9.17) is 4.74 Å². The number of anilines is 3. The predicted octanol–water partition coefficient (Wildman–Crippen LogP) is 15.3. The van der Waals surface area contributed by atoms with E-state index < -0.39 is 0 Å². The molecule has 0 aliphatic carbocycles. The molecule has 0 radical (unpaired) electrons. The van der Waals surface area contributed by atoms with Crippen molar-refractivity contribution >= 4 is 17.1 Å². The van der Waals surface area contributed by atoms with E-state index in [-0.39, 0.29) is 0 Å². The smallest absolute Gasteiger partial charge is 0.143 e. The van der Waals surface area contributed by atoms with E-state index in [0.717, 1.165) is 61.9 Å². The predicted molar refractivity (Wildman–Crippen MR) is 234 cm³/mol. The molecule has 0 saturated heterocycles. The molecule has 9 aromatic carbocycles. The Bertz CT molecular complexity index is 2780. The SMILES string of the molecule is c1ccc(-c2ccc(-c3ccc(N(c4ccccc4)c4ccc5c(c4)Oc4c(-c6ccc(-c7ccccc7)cc6)cccc4-c4ccccc4-5)cc3)cc2)cc1. The third kappa shape index (κ3) is 6.24. The van der Waals surface area contributed by atoms with Crippen LogP contribution >= 0.6 is 0 Å². The van der Waals surface area contributed by atoms with Gasteiger partial charge >= 0.3 is 0 Å². The van der Waals surface area contributed by atoms with Gasteiger partial charge in [0.1, 0.15) is 11.5 Å². The molecular formula is C54H37NO. The lowest BCUT2D eigenvalue weighted by molar-refractivity contribution is 0.489. The number of fused-ring (bicyclic) bond motifs is 5. The van der Waals surface area contributed by atoms with Crippen molar-refractivity contribution in [3.05, 3.63) is 224 Å². The summed E-state index contributed by atoms with van der Waals surface area (Å²) in [5.41, 5.74) is 16.9. The number of rotatable bonds is 7. The van der Waals surface area contributed by atoms with Gasteiger partial charge in [-0.3, -0.25) is 0 Å². The largest absolute Gasteiger partial charge is 0.455 e. The van der Waals surface area contributed by atoms with Gasteiger partial charge in [0.25, 0.3) is 0 Å².